The molecule has 0 aliphatic carbocycles. The van der Waals surface area contributed by atoms with Crippen molar-refractivity contribution in [3.63, 3.8) is 0 Å². The van der Waals surface area contributed by atoms with E-state index in [0.717, 1.165) is 45.4 Å². The number of carbonyl (C=O) groups excluding carboxylic acids is 1. The molecule has 1 heterocycles. The topological polar surface area (TPSA) is 81.1 Å². The van der Waals surface area contributed by atoms with Gasteiger partial charge in [-0.3, -0.25) is 4.79 Å². The summed E-state index contributed by atoms with van der Waals surface area (Å²) < 4.78 is 7.21. The van der Waals surface area contributed by atoms with E-state index < -0.39 is 0 Å². The Kier molecular flexibility index (Phi) is 6.91. The van der Waals surface area contributed by atoms with Crippen molar-refractivity contribution in [1.82, 2.24) is 14.8 Å². The zero-order valence-corrected chi connectivity index (χ0v) is 18.9. The van der Waals surface area contributed by atoms with Crippen molar-refractivity contribution < 1.29 is 9.53 Å². The standard InChI is InChI=1S/C24H25N5O2S/c1-3-29-22(15-25-18-11-13-19(31-2)14-12-18)27-28-24(29)32-16-23(30)26-21-10-6-8-17-7-4-5-9-20(17)21/h4-14,25H,3,15-16H2,1-2H3,(H,26,30). The van der Waals surface area contributed by atoms with Gasteiger partial charge in [0.05, 0.1) is 19.4 Å². The second-order valence-corrected chi connectivity index (χ2v) is 8.03. The van der Waals surface area contributed by atoms with Gasteiger partial charge in [0.15, 0.2) is 11.0 Å². The van der Waals surface area contributed by atoms with Gasteiger partial charge in [-0.25, -0.2) is 0 Å². The minimum atomic E-state index is -0.0742. The monoisotopic (exact) mass is 447 g/mol. The second kappa shape index (κ2) is 10.2. The third-order valence-electron chi connectivity index (χ3n) is 5.05. The summed E-state index contributed by atoms with van der Waals surface area (Å²) in [5.74, 6) is 1.82. The molecule has 0 spiro atoms. The number of fused-ring (bicyclic) bond motifs is 1. The number of nitrogens with one attached hydrogen (secondary N) is 2. The molecule has 0 aliphatic rings. The lowest BCUT2D eigenvalue weighted by molar-refractivity contribution is -0.113. The van der Waals surface area contributed by atoms with Crippen molar-refractivity contribution in [1.29, 1.82) is 0 Å². The number of thioether (sulfide) groups is 1. The average molecular weight is 448 g/mol. The number of amides is 1. The summed E-state index contributed by atoms with van der Waals surface area (Å²) in [5, 5.41) is 17.8. The number of ether oxygens (including phenoxy) is 1. The molecule has 7 nitrogen and oxygen atoms in total. The van der Waals surface area contributed by atoms with Crippen molar-refractivity contribution in [3.05, 3.63) is 72.6 Å². The van der Waals surface area contributed by atoms with Gasteiger partial charge in [0.1, 0.15) is 5.75 Å². The quantitative estimate of drug-likeness (QED) is 0.359. The molecule has 0 bridgehead atoms. The van der Waals surface area contributed by atoms with Crippen molar-refractivity contribution in [3.8, 4) is 5.75 Å². The zero-order chi connectivity index (χ0) is 22.3. The maximum Gasteiger partial charge on any atom is 0.234 e. The van der Waals surface area contributed by atoms with E-state index >= 15 is 0 Å². The van der Waals surface area contributed by atoms with Crippen molar-refractivity contribution in [2.45, 2.75) is 25.2 Å². The molecule has 164 valence electrons. The van der Waals surface area contributed by atoms with Crippen molar-refractivity contribution in [2.24, 2.45) is 0 Å². The largest absolute Gasteiger partial charge is 0.497 e. The molecule has 4 rings (SSSR count). The average Bonchev–Trinajstić information content (AvgIpc) is 3.23. The van der Waals surface area contributed by atoms with Gasteiger partial charge >= 0.3 is 0 Å². The van der Waals surface area contributed by atoms with Gasteiger partial charge in [-0.05, 0) is 42.6 Å². The van der Waals surface area contributed by atoms with Gasteiger partial charge in [-0.1, -0.05) is 48.2 Å². The van der Waals surface area contributed by atoms with Crippen LogP contribution in [-0.4, -0.2) is 33.5 Å². The first kappa shape index (κ1) is 21.7. The molecule has 8 heteroatoms. The number of anilines is 2. The van der Waals surface area contributed by atoms with Crippen LogP contribution in [0.4, 0.5) is 11.4 Å². The number of nitrogens with zero attached hydrogens (tertiary/aromatic N) is 3. The van der Waals surface area contributed by atoms with Crippen LogP contribution in [0.25, 0.3) is 10.8 Å². The summed E-state index contributed by atoms with van der Waals surface area (Å²) in [4.78, 5) is 12.6. The normalized spacial score (nSPS) is 10.8. The fraction of sp³-hybridized carbons (Fsp3) is 0.208. The highest BCUT2D eigenvalue weighted by atomic mass is 32.2. The second-order valence-electron chi connectivity index (χ2n) is 7.09. The minimum Gasteiger partial charge on any atom is -0.497 e. The molecule has 0 saturated heterocycles. The first-order valence-corrected chi connectivity index (χ1v) is 11.4. The number of methoxy groups -OCH3 is 1. The molecule has 0 atom stereocenters. The van der Waals surface area contributed by atoms with E-state index in [0.29, 0.717) is 6.54 Å². The third-order valence-corrected chi connectivity index (χ3v) is 6.01. The van der Waals surface area contributed by atoms with Crippen molar-refractivity contribution in [2.75, 3.05) is 23.5 Å². The van der Waals surface area contributed by atoms with Crippen LogP contribution in [-0.2, 0) is 17.9 Å². The van der Waals surface area contributed by atoms with Crippen molar-refractivity contribution >= 4 is 39.8 Å². The van der Waals surface area contributed by atoms with Gasteiger partial charge in [-0.2, -0.15) is 0 Å². The zero-order valence-electron chi connectivity index (χ0n) is 18.0. The number of carbonyl (C=O) groups is 1. The lowest BCUT2D eigenvalue weighted by Crippen LogP contribution is -2.15. The maximum absolute atomic E-state index is 12.6. The summed E-state index contributed by atoms with van der Waals surface area (Å²) in [7, 11) is 1.65. The van der Waals surface area contributed by atoms with Crippen LogP contribution < -0.4 is 15.4 Å². The van der Waals surface area contributed by atoms with E-state index in [2.05, 4.69) is 20.8 Å². The molecule has 0 saturated carbocycles. The number of hydrogen-bond donors (Lipinski definition) is 2. The van der Waals surface area contributed by atoms with Crippen LogP contribution in [0.15, 0.2) is 71.9 Å². The first-order valence-electron chi connectivity index (χ1n) is 10.4. The van der Waals surface area contributed by atoms with E-state index in [1.54, 1.807) is 7.11 Å². The van der Waals surface area contributed by atoms with Crippen LogP contribution in [0.3, 0.4) is 0 Å². The van der Waals surface area contributed by atoms with E-state index in [1.165, 1.54) is 11.8 Å². The minimum absolute atomic E-state index is 0.0742. The SMILES string of the molecule is CCn1c(CNc2ccc(OC)cc2)nnc1SCC(=O)Nc1cccc2ccccc12. The van der Waals surface area contributed by atoms with Gasteiger partial charge < -0.3 is 19.9 Å². The summed E-state index contributed by atoms with van der Waals surface area (Å²) in [5.41, 5.74) is 1.79. The molecule has 0 aliphatic heterocycles. The molecule has 32 heavy (non-hydrogen) atoms. The number of hydrogen-bond acceptors (Lipinski definition) is 6. The third kappa shape index (κ3) is 5.03. The van der Waals surface area contributed by atoms with E-state index in [-0.39, 0.29) is 11.7 Å². The van der Waals surface area contributed by atoms with Gasteiger partial charge in [0.2, 0.25) is 5.91 Å². The highest BCUT2D eigenvalue weighted by Gasteiger charge is 2.14. The number of rotatable bonds is 9. The summed E-state index contributed by atoms with van der Waals surface area (Å²) >= 11 is 1.38. The molecular formula is C24H25N5O2S. The van der Waals surface area contributed by atoms with Crippen LogP contribution in [0, 0.1) is 0 Å². The van der Waals surface area contributed by atoms with Crippen LogP contribution in [0.2, 0.25) is 0 Å². The Balaban J connectivity index is 1.36. The molecule has 0 unspecified atom stereocenters. The first-order chi connectivity index (χ1) is 15.7. The molecule has 0 fully saturated rings. The lowest BCUT2D eigenvalue weighted by Gasteiger charge is -2.10. The Morgan fingerprint density at radius 1 is 1.03 bits per heavy atom. The molecule has 0 radical (unpaired) electrons. The molecule has 3 aromatic carbocycles. The smallest absolute Gasteiger partial charge is 0.234 e. The Morgan fingerprint density at radius 2 is 1.81 bits per heavy atom. The van der Waals surface area contributed by atoms with Gasteiger partial charge in [0.25, 0.3) is 0 Å². The highest BCUT2D eigenvalue weighted by Crippen LogP contribution is 2.24. The summed E-state index contributed by atoms with van der Waals surface area (Å²) in [6.07, 6.45) is 0. The predicted molar refractivity (Wildman–Crippen MR) is 129 cm³/mol. The predicted octanol–water partition coefficient (Wildman–Crippen LogP) is 4.80. The molecule has 2 N–H and O–H groups in total. The van der Waals surface area contributed by atoms with E-state index in [9.17, 15) is 4.79 Å². The highest BCUT2D eigenvalue weighted by molar-refractivity contribution is 7.99. The molecule has 4 aromatic rings. The van der Waals surface area contributed by atoms with Gasteiger partial charge in [0, 0.05) is 23.3 Å². The Labute approximate surface area is 191 Å². The van der Waals surface area contributed by atoms with Gasteiger partial charge in [-0.15, -0.1) is 10.2 Å². The number of benzene rings is 3. The van der Waals surface area contributed by atoms with Crippen LogP contribution in [0.5, 0.6) is 5.75 Å². The van der Waals surface area contributed by atoms with E-state index in [1.807, 2.05) is 78.2 Å². The lowest BCUT2D eigenvalue weighted by atomic mass is 10.1. The summed E-state index contributed by atoms with van der Waals surface area (Å²) in [6, 6.07) is 21.6. The fourth-order valence-electron chi connectivity index (χ4n) is 3.41. The Hall–Kier alpha value is -3.52. The van der Waals surface area contributed by atoms with E-state index in [4.69, 9.17) is 4.74 Å². The number of aromatic nitrogens is 3. The molecule has 1 aromatic heterocycles. The Morgan fingerprint density at radius 3 is 2.59 bits per heavy atom. The maximum atomic E-state index is 12.6. The molecular weight excluding hydrogens is 422 g/mol. The molecule has 1 amide bonds. The van der Waals surface area contributed by atoms with Crippen LogP contribution in [0.1, 0.15) is 12.7 Å². The van der Waals surface area contributed by atoms with Crippen LogP contribution >= 0.6 is 11.8 Å². The Bertz CT molecular complexity index is 1200. The fourth-order valence-corrected chi connectivity index (χ4v) is 4.24. The summed E-state index contributed by atoms with van der Waals surface area (Å²) in [6.45, 7) is 3.30.